The van der Waals surface area contributed by atoms with Crippen LogP contribution in [0, 0.1) is 0 Å². The summed E-state index contributed by atoms with van der Waals surface area (Å²) in [5.74, 6) is 0.187. The van der Waals surface area contributed by atoms with Crippen LogP contribution in [-0.4, -0.2) is 35.8 Å². The largest absolute Gasteiger partial charge is 0.349 e. The number of nitrogens with zero attached hydrogens (tertiary/aromatic N) is 1. The molecule has 1 aliphatic rings. The molecule has 0 radical (unpaired) electrons. The van der Waals surface area contributed by atoms with Gasteiger partial charge in [-0.3, -0.25) is 9.59 Å². The van der Waals surface area contributed by atoms with E-state index in [1.54, 1.807) is 11.3 Å². The summed E-state index contributed by atoms with van der Waals surface area (Å²) in [6.07, 6.45) is 3.02. The number of amides is 2. The molecule has 0 unspecified atom stereocenters. The van der Waals surface area contributed by atoms with Crippen molar-refractivity contribution in [3.8, 4) is 0 Å². The number of piperidine rings is 1. The minimum Gasteiger partial charge on any atom is -0.349 e. The number of nitrogens with one attached hydrogen (secondary N) is 1. The van der Waals surface area contributed by atoms with Crippen molar-refractivity contribution in [2.75, 3.05) is 13.1 Å². The molecular formula is C19H22N2O2S. The molecule has 4 nitrogen and oxygen atoms in total. The number of benzene rings is 1. The zero-order valence-electron chi connectivity index (χ0n) is 13.6. The van der Waals surface area contributed by atoms with Gasteiger partial charge >= 0.3 is 0 Å². The molecule has 126 valence electrons. The van der Waals surface area contributed by atoms with Crippen molar-refractivity contribution in [2.24, 2.45) is 0 Å². The van der Waals surface area contributed by atoms with Crippen LogP contribution >= 0.6 is 11.3 Å². The lowest BCUT2D eigenvalue weighted by atomic mass is 10.0. The molecule has 0 bridgehead atoms. The van der Waals surface area contributed by atoms with E-state index in [-0.39, 0.29) is 17.9 Å². The number of hydrogen-bond donors (Lipinski definition) is 1. The summed E-state index contributed by atoms with van der Waals surface area (Å²) in [6, 6.07) is 11.5. The molecule has 2 amide bonds. The lowest BCUT2D eigenvalue weighted by Gasteiger charge is -2.32. The first-order valence-electron chi connectivity index (χ1n) is 8.37. The maximum atomic E-state index is 12.3. The Morgan fingerprint density at radius 3 is 2.54 bits per heavy atom. The molecular weight excluding hydrogens is 320 g/mol. The molecule has 1 aliphatic heterocycles. The highest BCUT2D eigenvalue weighted by molar-refractivity contribution is 7.07. The Balaban J connectivity index is 1.42. The fraction of sp³-hybridized carbons (Fsp3) is 0.368. The van der Waals surface area contributed by atoms with Crippen LogP contribution in [0.1, 0.15) is 35.2 Å². The fourth-order valence-electron chi connectivity index (χ4n) is 2.98. The Morgan fingerprint density at radius 2 is 1.88 bits per heavy atom. The number of rotatable bonds is 5. The van der Waals surface area contributed by atoms with Crippen LogP contribution in [0.15, 0.2) is 47.2 Å². The van der Waals surface area contributed by atoms with Crippen LogP contribution in [0.4, 0.5) is 0 Å². The Hall–Kier alpha value is -2.14. The monoisotopic (exact) mass is 342 g/mol. The standard InChI is InChI=1S/C19H22N2O2S/c22-18(7-6-15-10-13-24-14-15)21-11-8-17(9-12-21)20-19(23)16-4-2-1-3-5-16/h1-5,10,13-14,17H,6-9,11-12H2,(H,20,23). The molecule has 1 aromatic heterocycles. The van der Waals surface area contributed by atoms with Gasteiger partial charge in [-0.25, -0.2) is 0 Å². The number of likely N-dealkylation sites (tertiary alicyclic amines) is 1. The van der Waals surface area contributed by atoms with Gasteiger partial charge < -0.3 is 10.2 Å². The normalized spacial score (nSPS) is 15.2. The van der Waals surface area contributed by atoms with E-state index in [4.69, 9.17) is 0 Å². The third kappa shape index (κ3) is 4.45. The summed E-state index contributed by atoms with van der Waals surface area (Å²) in [6.45, 7) is 1.45. The zero-order chi connectivity index (χ0) is 16.8. The Bertz CT molecular complexity index is 662. The molecule has 2 aromatic rings. The average Bonchev–Trinajstić information content (AvgIpc) is 3.14. The lowest BCUT2D eigenvalue weighted by molar-refractivity contribution is -0.132. The molecule has 1 saturated heterocycles. The van der Waals surface area contributed by atoms with Gasteiger partial charge in [-0.2, -0.15) is 11.3 Å². The number of carbonyl (C=O) groups excluding carboxylic acids is 2. The second-order valence-electron chi connectivity index (χ2n) is 6.13. The topological polar surface area (TPSA) is 49.4 Å². The molecule has 1 fully saturated rings. The zero-order valence-corrected chi connectivity index (χ0v) is 14.4. The van der Waals surface area contributed by atoms with E-state index >= 15 is 0 Å². The van der Waals surface area contributed by atoms with E-state index in [1.165, 1.54) is 5.56 Å². The SMILES string of the molecule is O=C(NC1CCN(C(=O)CCc2ccsc2)CC1)c1ccccc1. The van der Waals surface area contributed by atoms with E-state index in [0.717, 1.165) is 32.4 Å². The predicted molar refractivity (Wildman–Crippen MR) is 96.2 cm³/mol. The van der Waals surface area contributed by atoms with E-state index in [0.29, 0.717) is 12.0 Å². The molecule has 0 spiro atoms. The Morgan fingerprint density at radius 1 is 1.12 bits per heavy atom. The smallest absolute Gasteiger partial charge is 0.251 e. The molecule has 5 heteroatoms. The molecule has 0 atom stereocenters. The second kappa shape index (κ2) is 8.11. The van der Waals surface area contributed by atoms with Gasteiger partial charge in [-0.1, -0.05) is 18.2 Å². The van der Waals surface area contributed by atoms with E-state index < -0.39 is 0 Å². The van der Waals surface area contributed by atoms with Crippen molar-refractivity contribution in [1.82, 2.24) is 10.2 Å². The van der Waals surface area contributed by atoms with Crippen molar-refractivity contribution in [2.45, 2.75) is 31.7 Å². The first-order valence-corrected chi connectivity index (χ1v) is 9.31. The fourth-order valence-corrected chi connectivity index (χ4v) is 3.68. The van der Waals surface area contributed by atoms with Crippen molar-refractivity contribution < 1.29 is 9.59 Å². The highest BCUT2D eigenvalue weighted by Gasteiger charge is 2.23. The van der Waals surface area contributed by atoms with Crippen molar-refractivity contribution >= 4 is 23.2 Å². The lowest BCUT2D eigenvalue weighted by Crippen LogP contribution is -2.46. The maximum absolute atomic E-state index is 12.3. The summed E-state index contributed by atoms with van der Waals surface area (Å²) in [5, 5.41) is 7.21. The van der Waals surface area contributed by atoms with Gasteiger partial charge in [0.2, 0.25) is 5.91 Å². The van der Waals surface area contributed by atoms with Gasteiger partial charge in [0.15, 0.2) is 0 Å². The highest BCUT2D eigenvalue weighted by atomic mass is 32.1. The Kier molecular flexibility index (Phi) is 5.64. The Labute approximate surface area is 146 Å². The molecule has 0 aliphatic carbocycles. The van der Waals surface area contributed by atoms with Gasteiger partial charge in [-0.05, 0) is 53.8 Å². The third-order valence-electron chi connectivity index (χ3n) is 4.43. The molecule has 1 N–H and O–H groups in total. The van der Waals surface area contributed by atoms with Crippen molar-refractivity contribution in [3.63, 3.8) is 0 Å². The van der Waals surface area contributed by atoms with Crippen LogP contribution in [0.3, 0.4) is 0 Å². The minimum absolute atomic E-state index is 0.0298. The molecule has 2 heterocycles. The van der Waals surface area contributed by atoms with E-state index in [1.807, 2.05) is 40.6 Å². The quantitative estimate of drug-likeness (QED) is 0.908. The van der Waals surface area contributed by atoms with E-state index in [9.17, 15) is 9.59 Å². The highest BCUT2D eigenvalue weighted by Crippen LogP contribution is 2.14. The summed E-state index contributed by atoms with van der Waals surface area (Å²) in [5.41, 5.74) is 1.92. The van der Waals surface area contributed by atoms with Crippen LogP contribution in [-0.2, 0) is 11.2 Å². The molecule has 24 heavy (non-hydrogen) atoms. The van der Waals surface area contributed by atoms with Crippen LogP contribution < -0.4 is 5.32 Å². The summed E-state index contributed by atoms with van der Waals surface area (Å²) in [4.78, 5) is 26.4. The van der Waals surface area contributed by atoms with E-state index in [2.05, 4.69) is 16.8 Å². The number of carbonyl (C=O) groups is 2. The maximum Gasteiger partial charge on any atom is 0.251 e. The molecule has 3 rings (SSSR count). The molecule has 1 aromatic carbocycles. The molecule has 0 saturated carbocycles. The van der Waals surface area contributed by atoms with Gasteiger partial charge in [-0.15, -0.1) is 0 Å². The summed E-state index contributed by atoms with van der Waals surface area (Å²) in [7, 11) is 0. The van der Waals surface area contributed by atoms with Gasteiger partial charge in [0.1, 0.15) is 0 Å². The van der Waals surface area contributed by atoms with Gasteiger partial charge in [0.05, 0.1) is 0 Å². The number of hydrogen-bond acceptors (Lipinski definition) is 3. The third-order valence-corrected chi connectivity index (χ3v) is 5.16. The minimum atomic E-state index is -0.0298. The van der Waals surface area contributed by atoms with Crippen LogP contribution in [0.25, 0.3) is 0 Å². The first kappa shape index (κ1) is 16.7. The van der Waals surface area contributed by atoms with Crippen molar-refractivity contribution in [1.29, 1.82) is 0 Å². The second-order valence-corrected chi connectivity index (χ2v) is 6.91. The predicted octanol–water partition coefficient (Wildman–Crippen LogP) is 3.10. The van der Waals surface area contributed by atoms with Crippen LogP contribution in [0.5, 0.6) is 0 Å². The van der Waals surface area contributed by atoms with Crippen molar-refractivity contribution in [3.05, 3.63) is 58.3 Å². The summed E-state index contributed by atoms with van der Waals surface area (Å²) >= 11 is 1.67. The number of thiophene rings is 1. The van der Waals surface area contributed by atoms with Crippen LogP contribution in [0.2, 0.25) is 0 Å². The first-order chi connectivity index (χ1) is 11.7. The average molecular weight is 342 g/mol. The van der Waals surface area contributed by atoms with Gasteiger partial charge in [0, 0.05) is 31.1 Å². The van der Waals surface area contributed by atoms with Gasteiger partial charge in [0.25, 0.3) is 5.91 Å². The summed E-state index contributed by atoms with van der Waals surface area (Å²) < 4.78 is 0. The number of aryl methyl sites for hydroxylation is 1.